The molecule has 0 spiro atoms. The van der Waals surface area contributed by atoms with Crippen LogP contribution in [0.3, 0.4) is 0 Å². The fourth-order valence-electron chi connectivity index (χ4n) is 1.56. The Kier molecular flexibility index (Phi) is 5.17. The SMILES string of the molecule is Nc1ccc(NC(=O)COc2cccc(Cl)c2Cl)c(Cl)c1. The highest BCUT2D eigenvalue weighted by molar-refractivity contribution is 6.42. The van der Waals surface area contributed by atoms with Gasteiger partial charge in [0.05, 0.1) is 15.7 Å². The summed E-state index contributed by atoms with van der Waals surface area (Å²) in [5.41, 5.74) is 6.54. The first-order chi connectivity index (χ1) is 9.97. The minimum Gasteiger partial charge on any atom is -0.482 e. The van der Waals surface area contributed by atoms with Gasteiger partial charge in [0, 0.05) is 5.69 Å². The van der Waals surface area contributed by atoms with E-state index in [1.54, 1.807) is 36.4 Å². The van der Waals surface area contributed by atoms with Crippen molar-refractivity contribution in [2.24, 2.45) is 0 Å². The van der Waals surface area contributed by atoms with Crippen molar-refractivity contribution in [3.63, 3.8) is 0 Å². The van der Waals surface area contributed by atoms with Gasteiger partial charge in [-0.15, -0.1) is 0 Å². The van der Waals surface area contributed by atoms with E-state index in [1.807, 2.05) is 0 Å². The van der Waals surface area contributed by atoms with E-state index < -0.39 is 0 Å². The summed E-state index contributed by atoms with van der Waals surface area (Å²) in [6, 6.07) is 9.73. The second-order valence-corrected chi connectivity index (χ2v) is 5.32. The number of hydrogen-bond acceptors (Lipinski definition) is 3. The Hall–Kier alpha value is -1.62. The molecule has 0 atom stereocenters. The first-order valence-electron chi connectivity index (χ1n) is 5.89. The van der Waals surface area contributed by atoms with Crippen molar-refractivity contribution in [2.75, 3.05) is 17.7 Å². The van der Waals surface area contributed by atoms with Crippen molar-refractivity contribution < 1.29 is 9.53 Å². The molecule has 2 aromatic rings. The highest BCUT2D eigenvalue weighted by Crippen LogP contribution is 2.31. The Morgan fingerprint density at radius 3 is 2.62 bits per heavy atom. The van der Waals surface area contributed by atoms with Gasteiger partial charge in [0.2, 0.25) is 0 Å². The maximum absolute atomic E-state index is 11.8. The van der Waals surface area contributed by atoms with E-state index in [9.17, 15) is 4.79 Å². The number of nitrogens with two attached hydrogens (primary N) is 1. The molecule has 3 N–H and O–H groups in total. The summed E-state index contributed by atoms with van der Waals surface area (Å²) in [6.07, 6.45) is 0. The molecule has 4 nitrogen and oxygen atoms in total. The van der Waals surface area contributed by atoms with Crippen LogP contribution < -0.4 is 15.8 Å². The van der Waals surface area contributed by atoms with Gasteiger partial charge in [0.1, 0.15) is 10.8 Å². The van der Waals surface area contributed by atoms with Crippen LogP contribution in [0.2, 0.25) is 15.1 Å². The molecule has 2 aromatic carbocycles. The zero-order valence-electron chi connectivity index (χ0n) is 10.7. The second-order valence-electron chi connectivity index (χ2n) is 4.13. The lowest BCUT2D eigenvalue weighted by atomic mass is 10.3. The lowest BCUT2D eigenvalue weighted by Gasteiger charge is -2.10. The van der Waals surface area contributed by atoms with Crippen LogP contribution >= 0.6 is 34.8 Å². The van der Waals surface area contributed by atoms with Gasteiger partial charge in [0.25, 0.3) is 5.91 Å². The Morgan fingerprint density at radius 2 is 1.90 bits per heavy atom. The average molecular weight is 346 g/mol. The van der Waals surface area contributed by atoms with Crippen LogP contribution in [0.4, 0.5) is 11.4 Å². The van der Waals surface area contributed by atoms with Gasteiger partial charge in [-0.05, 0) is 30.3 Å². The third-order valence-electron chi connectivity index (χ3n) is 2.54. The number of anilines is 2. The van der Waals surface area contributed by atoms with Crippen LogP contribution in [-0.4, -0.2) is 12.5 Å². The van der Waals surface area contributed by atoms with Crippen LogP contribution in [-0.2, 0) is 4.79 Å². The number of hydrogen-bond donors (Lipinski definition) is 2. The zero-order valence-corrected chi connectivity index (χ0v) is 13.0. The van der Waals surface area contributed by atoms with Gasteiger partial charge in [-0.1, -0.05) is 40.9 Å². The molecule has 0 fully saturated rings. The van der Waals surface area contributed by atoms with Crippen LogP contribution in [0.25, 0.3) is 0 Å². The monoisotopic (exact) mass is 344 g/mol. The average Bonchev–Trinajstić information content (AvgIpc) is 2.43. The minimum absolute atomic E-state index is 0.221. The molecule has 0 radical (unpaired) electrons. The third-order valence-corrected chi connectivity index (χ3v) is 3.66. The molecule has 0 unspecified atom stereocenters. The van der Waals surface area contributed by atoms with Crippen molar-refractivity contribution in [1.29, 1.82) is 0 Å². The lowest BCUT2D eigenvalue weighted by molar-refractivity contribution is -0.118. The van der Waals surface area contributed by atoms with Crippen LogP contribution in [0.1, 0.15) is 0 Å². The number of halogens is 3. The number of rotatable bonds is 4. The molecule has 0 aliphatic carbocycles. The maximum Gasteiger partial charge on any atom is 0.262 e. The molecule has 0 bridgehead atoms. The normalized spacial score (nSPS) is 10.2. The summed E-state index contributed by atoms with van der Waals surface area (Å²) < 4.78 is 5.32. The number of carbonyl (C=O) groups excluding carboxylic acids is 1. The second kappa shape index (κ2) is 6.89. The number of ether oxygens (including phenoxy) is 1. The Morgan fingerprint density at radius 1 is 1.14 bits per heavy atom. The number of nitrogens with one attached hydrogen (secondary N) is 1. The Bertz CT molecular complexity index is 677. The quantitative estimate of drug-likeness (QED) is 0.814. The molecule has 7 heteroatoms. The van der Waals surface area contributed by atoms with E-state index in [4.69, 9.17) is 45.3 Å². The van der Waals surface area contributed by atoms with Gasteiger partial charge < -0.3 is 15.8 Å². The summed E-state index contributed by atoms with van der Waals surface area (Å²) in [4.78, 5) is 11.8. The van der Waals surface area contributed by atoms with Crippen LogP contribution in [0, 0.1) is 0 Å². The van der Waals surface area contributed by atoms with Crippen LogP contribution in [0.15, 0.2) is 36.4 Å². The highest BCUT2D eigenvalue weighted by Gasteiger charge is 2.10. The number of benzene rings is 2. The molecule has 21 heavy (non-hydrogen) atoms. The predicted octanol–water partition coefficient (Wildman–Crippen LogP) is 4.25. The molecular weight excluding hydrogens is 335 g/mol. The topological polar surface area (TPSA) is 64.3 Å². The number of amides is 1. The molecule has 0 aliphatic rings. The van der Waals surface area contributed by atoms with E-state index in [0.29, 0.717) is 27.2 Å². The number of carbonyl (C=O) groups is 1. The maximum atomic E-state index is 11.8. The molecule has 0 aromatic heterocycles. The Labute approximate surface area is 136 Å². The highest BCUT2D eigenvalue weighted by atomic mass is 35.5. The van der Waals surface area contributed by atoms with E-state index in [0.717, 1.165) is 0 Å². The molecule has 0 saturated heterocycles. The number of nitrogen functional groups attached to an aromatic ring is 1. The van der Waals surface area contributed by atoms with E-state index >= 15 is 0 Å². The van der Waals surface area contributed by atoms with Gasteiger partial charge in [0.15, 0.2) is 6.61 Å². The standard InChI is InChI=1S/C14H11Cl3N2O2/c15-9-2-1-3-12(14(9)17)21-7-13(20)19-11-5-4-8(18)6-10(11)16/h1-6H,7,18H2,(H,19,20). The van der Waals surface area contributed by atoms with Gasteiger partial charge in [-0.25, -0.2) is 0 Å². The summed E-state index contributed by atoms with van der Waals surface area (Å²) in [5.74, 6) is -0.0413. The Balaban J connectivity index is 1.97. The van der Waals surface area contributed by atoms with Crippen molar-refractivity contribution in [3.05, 3.63) is 51.5 Å². The van der Waals surface area contributed by atoms with Gasteiger partial charge in [-0.2, -0.15) is 0 Å². The van der Waals surface area contributed by atoms with E-state index in [2.05, 4.69) is 5.32 Å². The summed E-state index contributed by atoms with van der Waals surface area (Å²) in [5, 5.41) is 3.58. The predicted molar refractivity (Wildman–Crippen MR) is 86.5 cm³/mol. The van der Waals surface area contributed by atoms with Crippen LogP contribution in [0.5, 0.6) is 5.75 Å². The molecule has 0 saturated carbocycles. The van der Waals surface area contributed by atoms with E-state index in [1.165, 1.54) is 0 Å². The minimum atomic E-state index is -0.377. The first kappa shape index (κ1) is 15.8. The fraction of sp³-hybridized carbons (Fsp3) is 0.0714. The van der Waals surface area contributed by atoms with Crippen molar-refractivity contribution in [2.45, 2.75) is 0 Å². The summed E-state index contributed by atoms with van der Waals surface area (Å²) >= 11 is 17.8. The van der Waals surface area contributed by atoms with Crippen molar-refractivity contribution in [1.82, 2.24) is 0 Å². The first-order valence-corrected chi connectivity index (χ1v) is 7.02. The van der Waals surface area contributed by atoms with E-state index in [-0.39, 0.29) is 17.5 Å². The van der Waals surface area contributed by atoms with Gasteiger partial charge >= 0.3 is 0 Å². The third kappa shape index (κ3) is 4.17. The summed E-state index contributed by atoms with van der Waals surface area (Å²) in [6.45, 7) is -0.221. The molecule has 0 aliphatic heterocycles. The lowest BCUT2D eigenvalue weighted by Crippen LogP contribution is -2.20. The molecule has 1 amide bonds. The largest absolute Gasteiger partial charge is 0.482 e. The smallest absolute Gasteiger partial charge is 0.262 e. The zero-order chi connectivity index (χ0) is 15.4. The molecular formula is C14H11Cl3N2O2. The summed E-state index contributed by atoms with van der Waals surface area (Å²) in [7, 11) is 0. The van der Waals surface area contributed by atoms with Crippen molar-refractivity contribution in [3.8, 4) is 5.75 Å². The fourth-order valence-corrected chi connectivity index (χ4v) is 2.14. The van der Waals surface area contributed by atoms with Crippen molar-refractivity contribution >= 4 is 52.1 Å². The van der Waals surface area contributed by atoms with Gasteiger partial charge in [-0.3, -0.25) is 4.79 Å². The molecule has 0 heterocycles. The molecule has 2 rings (SSSR count). The molecule has 110 valence electrons.